The number of anilines is 2. The van der Waals surface area contributed by atoms with Gasteiger partial charge in [0.25, 0.3) is 0 Å². The van der Waals surface area contributed by atoms with Crippen molar-refractivity contribution in [1.29, 1.82) is 0 Å². The van der Waals surface area contributed by atoms with Crippen LogP contribution in [-0.4, -0.2) is 9.97 Å². The molecule has 2 aromatic rings. The van der Waals surface area contributed by atoms with Crippen LogP contribution in [0.3, 0.4) is 0 Å². The van der Waals surface area contributed by atoms with Crippen LogP contribution in [-0.2, 0) is 0 Å². The van der Waals surface area contributed by atoms with Gasteiger partial charge < -0.3 is 15.9 Å². The molecule has 1 aromatic heterocycles. The molecular weight excluding hydrogens is 261 g/mol. The second kappa shape index (κ2) is 5.03. The lowest BCUT2D eigenvalue weighted by atomic mass is 10.3. The van der Waals surface area contributed by atoms with Crippen LogP contribution in [0.5, 0.6) is 11.6 Å². The molecule has 0 unspecified atom stereocenters. The Balaban J connectivity index is 2.27. The molecule has 0 saturated carbocycles. The molecule has 6 nitrogen and oxygen atoms in total. The summed E-state index contributed by atoms with van der Waals surface area (Å²) in [6.45, 7) is 0. The number of ether oxygens (including phenoxy) is 1. The highest BCUT2D eigenvalue weighted by Gasteiger charge is 2.06. The van der Waals surface area contributed by atoms with Gasteiger partial charge in [0, 0.05) is 12.1 Å². The molecule has 0 aliphatic rings. The van der Waals surface area contributed by atoms with Crippen molar-refractivity contribution >= 4 is 23.4 Å². The fourth-order valence-corrected chi connectivity index (χ4v) is 1.35. The first-order valence-electron chi connectivity index (χ1n) is 4.82. The lowest BCUT2D eigenvalue weighted by Crippen LogP contribution is -2.10. The van der Waals surface area contributed by atoms with Gasteiger partial charge in [-0.2, -0.15) is 9.97 Å². The summed E-state index contributed by atoms with van der Waals surface area (Å²) in [6.07, 6.45) is 0. The summed E-state index contributed by atoms with van der Waals surface area (Å²) < 4.78 is 18.5. The van der Waals surface area contributed by atoms with Gasteiger partial charge in [-0.05, 0) is 12.1 Å². The lowest BCUT2D eigenvalue weighted by molar-refractivity contribution is 0.458. The topological polar surface area (TPSA) is 99.1 Å². The molecule has 0 atom stereocenters. The number of nitrogen functional groups attached to an aromatic ring is 2. The summed E-state index contributed by atoms with van der Waals surface area (Å²) in [5.74, 6) is 5.24. The number of rotatable bonds is 3. The molecule has 0 saturated heterocycles. The number of hydrazine groups is 1. The van der Waals surface area contributed by atoms with E-state index < -0.39 is 5.82 Å². The van der Waals surface area contributed by atoms with E-state index in [0.717, 1.165) is 6.07 Å². The summed E-state index contributed by atoms with van der Waals surface area (Å²) in [6, 6.07) is 5.43. The van der Waals surface area contributed by atoms with E-state index in [4.69, 9.17) is 27.9 Å². The molecule has 2 rings (SSSR count). The molecule has 1 heterocycles. The first-order valence-corrected chi connectivity index (χ1v) is 5.20. The van der Waals surface area contributed by atoms with Crippen LogP contribution < -0.4 is 21.7 Å². The number of aromatic nitrogens is 2. The molecule has 0 aliphatic heterocycles. The monoisotopic (exact) mass is 269 g/mol. The Kier molecular flexibility index (Phi) is 3.45. The fraction of sp³-hybridized carbons (Fsp3) is 0. The van der Waals surface area contributed by atoms with Gasteiger partial charge in [-0.15, -0.1) is 0 Å². The molecule has 8 heteroatoms. The second-order valence-corrected chi connectivity index (χ2v) is 3.68. The Labute approximate surface area is 107 Å². The molecule has 0 bridgehead atoms. The second-order valence-electron chi connectivity index (χ2n) is 3.27. The molecule has 0 fully saturated rings. The van der Waals surface area contributed by atoms with Crippen LogP contribution in [0.4, 0.5) is 16.2 Å². The zero-order valence-electron chi connectivity index (χ0n) is 9.02. The zero-order valence-corrected chi connectivity index (χ0v) is 9.78. The van der Waals surface area contributed by atoms with Crippen molar-refractivity contribution in [2.45, 2.75) is 0 Å². The molecule has 5 N–H and O–H groups in total. The first-order chi connectivity index (χ1) is 8.58. The van der Waals surface area contributed by atoms with E-state index in [1.54, 1.807) is 0 Å². The molecule has 0 aliphatic carbocycles. The van der Waals surface area contributed by atoms with E-state index in [9.17, 15) is 4.39 Å². The van der Waals surface area contributed by atoms with E-state index in [1.165, 1.54) is 18.2 Å². The van der Waals surface area contributed by atoms with Crippen molar-refractivity contribution in [2.75, 3.05) is 11.2 Å². The van der Waals surface area contributed by atoms with Crippen molar-refractivity contribution in [2.24, 2.45) is 5.84 Å². The quantitative estimate of drug-likeness (QED) is 0.582. The van der Waals surface area contributed by atoms with E-state index >= 15 is 0 Å². The van der Waals surface area contributed by atoms with Gasteiger partial charge in [0.05, 0.1) is 5.02 Å². The molecule has 0 spiro atoms. The van der Waals surface area contributed by atoms with Gasteiger partial charge in [-0.25, -0.2) is 10.2 Å². The number of halogens is 2. The van der Waals surface area contributed by atoms with Crippen molar-refractivity contribution in [1.82, 2.24) is 9.97 Å². The fourth-order valence-electron chi connectivity index (χ4n) is 1.23. The Bertz CT molecular complexity index is 580. The van der Waals surface area contributed by atoms with E-state index in [1.807, 2.05) is 0 Å². The highest BCUT2D eigenvalue weighted by atomic mass is 35.5. The third-order valence-electron chi connectivity index (χ3n) is 1.98. The number of hydrogen-bond acceptors (Lipinski definition) is 6. The Morgan fingerprint density at radius 1 is 1.28 bits per heavy atom. The average molecular weight is 270 g/mol. The van der Waals surface area contributed by atoms with Gasteiger partial charge in [0.15, 0.2) is 0 Å². The van der Waals surface area contributed by atoms with E-state index in [0.29, 0.717) is 0 Å². The van der Waals surface area contributed by atoms with Gasteiger partial charge in [-0.1, -0.05) is 11.6 Å². The Hall–Kier alpha value is -2.12. The summed E-state index contributed by atoms with van der Waals surface area (Å²) in [5, 5.41) is 0.00821. The van der Waals surface area contributed by atoms with Crippen molar-refractivity contribution in [3.05, 3.63) is 35.1 Å². The summed E-state index contributed by atoms with van der Waals surface area (Å²) >= 11 is 5.55. The van der Waals surface area contributed by atoms with Crippen LogP contribution in [0, 0.1) is 5.82 Å². The van der Waals surface area contributed by atoms with Crippen LogP contribution in [0.1, 0.15) is 0 Å². The molecule has 94 valence electrons. The lowest BCUT2D eigenvalue weighted by Gasteiger charge is -2.07. The Morgan fingerprint density at radius 3 is 2.72 bits per heavy atom. The van der Waals surface area contributed by atoms with Crippen LogP contribution in [0.2, 0.25) is 5.02 Å². The molecule has 1 aromatic carbocycles. The maximum atomic E-state index is 13.2. The smallest absolute Gasteiger partial charge is 0.226 e. The zero-order chi connectivity index (χ0) is 13.1. The van der Waals surface area contributed by atoms with E-state index in [2.05, 4.69) is 15.4 Å². The third kappa shape index (κ3) is 2.76. The van der Waals surface area contributed by atoms with Crippen LogP contribution in [0.15, 0.2) is 24.3 Å². The predicted octanol–water partition coefficient (Wildman–Crippen LogP) is 1.93. The summed E-state index contributed by atoms with van der Waals surface area (Å²) in [5.41, 5.74) is 7.76. The highest BCUT2D eigenvalue weighted by Crippen LogP contribution is 2.25. The molecule has 0 amide bonds. The Morgan fingerprint density at radius 2 is 2.06 bits per heavy atom. The minimum Gasteiger partial charge on any atom is -0.439 e. The van der Waals surface area contributed by atoms with Gasteiger partial charge in [0.2, 0.25) is 11.8 Å². The standard InChI is InChI=1S/C10H9ClFN5O/c11-6-2-1-5(3-7(6)12)18-9-4-8(17-14)15-10(13)16-9/h1-4H,14H2,(H3,13,15,16,17). The first kappa shape index (κ1) is 12.3. The summed E-state index contributed by atoms with van der Waals surface area (Å²) in [4.78, 5) is 7.60. The van der Waals surface area contributed by atoms with Crippen molar-refractivity contribution in [3.63, 3.8) is 0 Å². The normalized spacial score (nSPS) is 10.2. The van der Waals surface area contributed by atoms with Crippen molar-refractivity contribution in [3.8, 4) is 11.6 Å². The van der Waals surface area contributed by atoms with Gasteiger partial charge in [0.1, 0.15) is 17.4 Å². The average Bonchev–Trinajstić information content (AvgIpc) is 2.33. The third-order valence-corrected chi connectivity index (χ3v) is 2.29. The SMILES string of the molecule is NNc1cc(Oc2ccc(Cl)c(F)c2)nc(N)n1. The number of benzene rings is 1. The number of nitrogens with one attached hydrogen (secondary N) is 1. The van der Waals surface area contributed by atoms with Crippen molar-refractivity contribution < 1.29 is 9.13 Å². The number of nitrogens with zero attached hydrogens (tertiary/aromatic N) is 2. The maximum absolute atomic E-state index is 13.2. The van der Waals surface area contributed by atoms with Gasteiger partial charge in [-0.3, -0.25) is 0 Å². The van der Waals surface area contributed by atoms with E-state index in [-0.39, 0.29) is 28.4 Å². The maximum Gasteiger partial charge on any atom is 0.226 e. The summed E-state index contributed by atoms with van der Waals surface area (Å²) in [7, 11) is 0. The number of nitrogens with two attached hydrogens (primary N) is 2. The minimum absolute atomic E-state index is 0.00821. The minimum atomic E-state index is -0.589. The van der Waals surface area contributed by atoms with Gasteiger partial charge >= 0.3 is 0 Å². The predicted molar refractivity (Wildman–Crippen MR) is 65.7 cm³/mol. The largest absolute Gasteiger partial charge is 0.439 e. The highest BCUT2D eigenvalue weighted by molar-refractivity contribution is 6.30. The van der Waals surface area contributed by atoms with Crippen LogP contribution >= 0.6 is 11.6 Å². The van der Waals surface area contributed by atoms with Crippen LogP contribution in [0.25, 0.3) is 0 Å². The molecule has 0 radical (unpaired) electrons. The molecule has 18 heavy (non-hydrogen) atoms. The number of hydrogen-bond donors (Lipinski definition) is 3. The molecular formula is C10H9ClFN5O.